The van der Waals surface area contributed by atoms with Gasteiger partial charge in [0.05, 0.1) is 13.2 Å². The third-order valence-electron chi connectivity index (χ3n) is 5.68. The van der Waals surface area contributed by atoms with Crippen LogP contribution in [-0.2, 0) is 22.4 Å². The summed E-state index contributed by atoms with van der Waals surface area (Å²) in [5.74, 6) is -0.350. The molecule has 0 bridgehead atoms. The van der Waals surface area contributed by atoms with Gasteiger partial charge in [0.25, 0.3) is 5.91 Å². The molecule has 0 radical (unpaired) electrons. The predicted octanol–water partition coefficient (Wildman–Crippen LogP) is 1.93. The fourth-order valence-corrected chi connectivity index (χ4v) is 4.03. The molecule has 1 aliphatic heterocycles. The monoisotopic (exact) mass is 420 g/mol. The number of nitrogens with zero attached hydrogens (tertiary/aromatic N) is 2. The molecule has 31 heavy (non-hydrogen) atoms. The number of hydrogen-bond acceptors (Lipinski definition) is 4. The van der Waals surface area contributed by atoms with Crippen molar-refractivity contribution in [2.75, 3.05) is 20.3 Å². The van der Waals surface area contributed by atoms with Crippen LogP contribution in [-0.4, -0.2) is 59.5 Å². The van der Waals surface area contributed by atoms with Crippen molar-refractivity contribution in [3.05, 3.63) is 71.8 Å². The molecule has 4 amide bonds. The number of imide groups is 1. The van der Waals surface area contributed by atoms with Crippen LogP contribution >= 0.6 is 0 Å². The number of hydrogen-bond donors (Lipinski definition) is 2. The van der Waals surface area contributed by atoms with E-state index in [0.717, 1.165) is 24.0 Å². The summed E-state index contributed by atoms with van der Waals surface area (Å²) in [7, 11) is 1.74. The minimum absolute atomic E-state index is 0.0636. The third kappa shape index (κ3) is 5.11. The summed E-state index contributed by atoms with van der Waals surface area (Å²) in [6, 6.07) is 19.3. The van der Waals surface area contributed by atoms with Gasteiger partial charge in [0, 0.05) is 18.9 Å². The van der Waals surface area contributed by atoms with E-state index in [4.69, 9.17) is 0 Å². The van der Waals surface area contributed by atoms with E-state index >= 15 is 0 Å². The highest BCUT2D eigenvalue weighted by Crippen LogP contribution is 2.27. The first-order valence-corrected chi connectivity index (χ1v) is 10.6. The van der Waals surface area contributed by atoms with E-state index in [1.807, 2.05) is 60.7 Å². The fourth-order valence-electron chi connectivity index (χ4n) is 4.03. The average molecular weight is 421 g/mol. The zero-order chi connectivity index (χ0) is 21.8. The molecular formula is C24H28N4O3. The van der Waals surface area contributed by atoms with E-state index in [-0.39, 0.29) is 31.1 Å². The molecule has 2 aliphatic rings. The molecule has 0 spiro atoms. The van der Waals surface area contributed by atoms with Gasteiger partial charge < -0.3 is 10.6 Å². The molecule has 2 N–H and O–H groups in total. The molecule has 7 heteroatoms. The largest absolute Gasteiger partial charge is 0.352 e. The Morgan fingerprint density at radius 3 is 2.10 bits per heavy atom. The molecule has 162 valence electrons. The van der Waals surface area contributed by atoms with Crippen molar-refractivity contribution >= 4 is 17.8 Å². The van der Waals surface area contributed by atoms with Gasteiger partial charge in [0.2, 0.25) is 5.91 Å². The lowest BCUT2D eigenvalue weighted by Crippen LogP contribution is -2.51. The lowest BCUT2D eigenvalue weighted by Gasteiger charge is -2.28. The van der Waals surface area contributed by atoms with Crippen LogP contribution in [0.2, 0.25) is 0 Å². The van der Waals surface area contributed by atoms with Crippen LogP contribution in [0.1, 0.15) is 24.0 Å². The zero-order valence-corrected chi connectivity index (χ0v) is 17.7. The van der Waals surface area contributed by atoms with Gasteiger partial charge in [-0.05, 0) is 31.0 Å². The molecule has 7 nitrogen and oxygen atoms in total. The Hall–Kier alpha value is -3.19. The number of benzene rings is 2. The van der Waals surface area contributed by atoms with E-state index in [1.54, 1.807) is 11.9 Å². The SMILES string of the molecule is CN(CC(=O)NC1CC1)CN1C(=O)NC(Cc2ccccc2)(Cc2ccccc2)C1=O. The van der Waals surface area contributed by atoms with Crippen LogP contribution in [0.4, 0.5) is 4.79 Å². The van der Waals surface area contributed by atoms with E-state index < -0.39 is 11.6 Å². The summed E-state index contributed by atoms with van der Waals surface area (Å²) >= 11 is 0. The number of likely N-dealkylation sites (N-methyl/N-ethyl adjacent to an activating group) is 1. The first-order chi connectivity index (χ1) is 14.9. The maximum Gasteiger partial charge on any atom is 0.326 e. The Bertz CT molecular complexity index is 902. The number of carbonyl (C=O) groups is 3. The second kappa shape index (κ2) is 8.89. The number of carbonyl (C=O) groups excluding carboxylic acids is 3. The summed E-state index contributed by atoms with van der Waals surface area (Å²) < 4.78 is 0. The van der Waals surface area contributed by atoms with Crippen LogP contribution in [0.25, 0.3) is 0 Å². The second-order valence-corrected chi connectivity index (χ2v) is 8.57. The minimum Gasteiger partial charge on any atom is -0.352 e. The molecule has 0 aromatic heterocycles. The standard InChI is InChI=1S/C24H28N4O3/c1-27(16-21(29)25-20-12-13-20)17-28-22(30)24(26-23(28)31,14-18-8-4-2-5-9-18)15-19-10-6-3-7-11-19/h2-11,20H,12-17H2,1H3,(H,25,29)(H,26,31). The Morgan fingerprint density at radius 1 is 1.03 bits per heavy atom. The van der Waals surface area contributed by atoms with Crippen LogP contribution < -0.4 is 10.6 Å². The highest BCUT2D eigenvalue weighted by molar-refractivity contribution is 6.07. The van der Waals surface area contributed by atoms with Gasteiger partial charge in [0.1, 0.15) is 5.54 Å². The predicted molar refractivity (Wildman–Crippen MR) is 117 cm³/mol. The highest BCUT2D eigenvalue weighted by Gasteiger charge is 2.51. The van der Waals surface area contributed by atoms with Gasteiger partial charge in [-0.25, -0.2) is 9.69 Å². The molecule has 2 fully saturated rings. The number of nitrogens with one attached hydrogen (secondary N) is 2. The van der Waals surface area contributed by atoms with Crippen molar-refractivity contribution in [3.63, 3.8) is 0 Å². The molecule has 1 heterocycles. The van der Waals surface area contributed by atoms with E-state index in [0.29, 0.717) is 12.8 Å². The molecule has 0 unspecified atom stereocenters. The van der Waals surface area contributed by atoms with Crippen molar-refractivity contribution in [1.82, 2.24) is 20.4 Å². The Labute approximate surface area is 182 Å². The van der Waals surface area contributed by atoms with Crippen molar-refractivity contribution in [2.24, 2.45) is 0 Å². The van der Waals surface area contributed by atoms with Crippen molar-refractivity contribution in [2.45, 2.75) is 37.3 Å². The van der Waals surface area contributed by atoms with Crippen LogP contribution in [0.3, 0.4) is 0 Å². The summed E-state index contributed by atoms with van der Waals surface area (Å²) in [5.41, 5.74) is 0.897. The van der Waals surface area contributed by atoms with Gasteiger partial charge in [-0.2, -0.15) is 0 Å². The third-order valence-corrected chi connectivity index (χ3v) is 5.68. The first kappa shape index (κ1) is 21.1. The lowest BCUT2D eigenvalue weighted by molar-refractivity contribution is -0.133. The summed E-state index contributed by atoms with van der Waals surface area (Å²) in [4.78, 5) is 41.4. The molecule has 4 rings (SSSR count). The van der Waals surface area contributed by atoms with E-state index in [9.17, 15) is 14.4 Å². The Kier molecular flexibility index (Phi) is 6.04. The maximum atomic E-state index is 13.6. The molecule has 1 aliphatic carbocycles. The molecule has 2 aromatic rings. The fraction of sp³-hybridized carbons (Fsp3) is 0.375. The van der Waals surface area contributed by atoms with Gasteiger partial charge in [-0.1, -0.05) is 60.7 Å². The quantitative estimate of drug-likeness (QED) is 0.608. The van der Waals surface area contributed by atoms with Crippen molar-refractivity contribution < 1.29 is 14.4 Å². The smallest absolute Gasteiger partial charge is 0.326 e. The summed E-state index contributed by atoms with van der Waals surface area (Å²) in [6.45, 7) is 0.200. The molecule has 1 saturated heterocycles. The van der Waals surface area contributed by atoms with Gasteiger partial charge in [-0.3, -0.25) is 14.5 Å². The van der Waals surface area contributed by atoms with Gasteiger partial charge >= 0.3 is 6.03 Å². The minimum atomic E-state index is -1.06. The van der Waals surface area contributed by atoms with Crippen molar-refractivity contribution in [3.8, 4) is 0 Å². The van der Waals surface area contributed by atoms with Crippen LogP contribution in [0.15, 0.2) is 60.7 Å². The number of rotatable bonds is 9. The summed E-state index contributed by atoms with van der Waals surface area (Å²) in [5, 5.41) is 5.90. The van der Waals surface area contributed by atoms with Gasteiger partial charge in [0.15, 0.2) is 0 Å². The lowest BCUT2D eigenvalue weighted by atomic mass is 9.84. The summed E-state index contributed by atoms with van der Waals surface area (Å²) in [6.07, 6.45) is 2.83. The molecular weight excluding hydrogens is 392 g/mol. The maximum absolute atomic E-state index is 13.6. The Balaban J connectivity index is 1.51. The van der Waals surface area contributed by atoms with Crippen LogP contribution in [0, 0.1) is 0 Å². The molecule has 0 atom stereocenters. The highest BCUT2D eigenvalue weighted by atomic mass is 16.2. The Morgan fingerprint density at radius 2 is 1.58 bits per heavy atom. The molecule has 2 aromatic carbocycles. The second-order valence-electron chi connectivity index (χ2n) is 8.57. The molecule has 1 saturated carbocycles. The van der Waals surface area contributed by atoms with E-state index in [2.05, 4.69) is 10.6 Å². The number of amides is 4. The first-order valence-electron chi connectivity index (χ1n) is 10.6. The van der Waals surface area contributed by atoms with Gasteiger partial charge in [-0.15, -0.1) is 0 Å². The zero-order valence-electron chi connectivity index (χ0n) is 17.7. The van der Waals surface area contributed by atoms with Crippen LogP contribution in [0.5, 0.6) is 0 Å². The van der Waals surface area contributed by atoms with Crippen molar-refractivity contribution in [1.29, 1.82) is 0 Å². The van der Waals surface area contributed by atoms with E-state index in [1.165, 1.54) is 4.90 Å². The number of urea groups is 1. The normalized spacial score (nSPS) is 17.7. The average Bonchev–Trinajstić information content (AvgIpc) is 3.53. The topological polar surface area (TPSA) is 81.8 Å².